The Balaban J connectivity index is 1.61. The van der Waals surface area contributed by atoms with E-state index in [1.165, 1.54) is 18.2 Å². The van der Waals surface area contributed by atoms with E-state index in [0.29, 0.717) is 30.2 Å². The second-order valence-corrected chi connectivity index (χ2v) is 7.62. The number of carbonyl (C=O) groups is 1. The largest absolute Gasteiger partial charge is 0.454 e. The van der Waals surface area contributed by atoms with Crippen molar-refractivity contribution in [1.29, 1.82) is 0 Å². The molecule has 27 heavy (non-hydrogen) atoms. The van der Waals surface area contributed by atoms with Gasteiger partial charge >= 0.3 is 0 Å². The van der Waals surface area contributed by atoms with Crippen LogP contribution in [0.5, 0.6) is 11.5 Å². The SMILES string of the molecule is CCCNS(=O)(=O)c1ccc(NC(=O)/C=C/c2ccc3c(c2)OCO3)cc1. The lowest BCUT2D eigenvalue weighted by atomic mass is 10.2. The minimum atomic E-state index is -3.52. The third-order valence-electron chi connectivity index (χ3n) is 3.80. The van der Waals surface area contributed by atoms with E-state index in [4.69, 9.17) is 9.47 Å². The predicted molar refractivity (Wildman–Crippen MR) is 102 cm³/mol. The van der Waals surface area contributed by atoms with E-state index < -0.39 is 10.0 Å². The third-order valence-corrected chi connectivity index (χ3v) is 5.27. The van der Waals surface area contributed by atoms with Crippen LogP contribution in [0.15, 0.2) is 53.4 Å². The van der Waals surface area contributed by atoms with Crippen LogP contribution in [-0.4, -0.2) is 27.7 Å². The number of hydrogen-bond donors (Lipinski definition) is 2. The summed E-state index contributed by atoms with van der Waals surface area (Å²) in [4.78, 5) is 12.2. The van der Waals surface area contributed by atoms with E-state index in [2.05, 4.69) is 10.0 Å². The Hall–Kier alpha value is -2.84. The Kier molecular flexibility index (Phi) is 5.78. The molecule has 0 spiro atoms. The van der Waals surface area contributed by atoms with Gasteiger partial charge in [-0.2, -0.15) is 0 Å². The number of carbonyl (C=O) groups excluding carboxylic acids is 1. The summed E-state index contributed by atoms with van der Waals surface area (Å²) in [5.74, 6) is 0.999. The van der Waals surface area contributed by atoms with Crippen molar-refractivity contribution >= 4 is 27.7 Å². The maximum Gasteiger partial charge on any atom is 0.248 e. The number of fused-ring (bicyclic) bond motifs is 1. The van der Waals surface area contributed by atoms with Gasteiger partial charge in [-0.05, 0) is 54.5 Å². The van der Waals surface area contributed by atoms with E-state index in [1.54, 1.807) is 30.3 Å². The molecule has 0 aromatic heterocycles. The smallest absolute Gasteiger partial charge is 0.248 e. The maximum atomic E-state index is 12.1. The Morgan fingerprint density at radius 3 is 2.59 bits per heavy atom. The predicted octanol–water partition coefficient (Wildman–Crippen LogP) is 2.76. The number of benzene rings is 2. The van der Waals surface area contributed by atoms with Crippen molar-refractivity contribution in [2.75, 3.05) is 18.7 Å². The number of amides is 1. The van der Waals surface area contributed by atoms with Crippen LogP contribution in [0.25, 0.3) is 6.08 Å². The summed E-state index contributed by atoms with van der Waals surface area (Å²) in [6.07, 6.45) is 3.76. The molecule has 2 aromatic carbocycles. The number of nitrogens with one attached hydrogen (secondary N) is 2. The van der Waals surface area contributed by atoms with Gasteiger partial charge in [0.05, 0.1) is 4.90 Å². The zero-order valence-electron chi connectivity index (χ0n) is 14.8. The van der Waals surface area contributed by atoms with E-state index in [0.717, 1.165) is 5.56 Å². The second kappa shape index (κ2) is 8.24. The number of sulfonamides is 1. The fourth-order valence-corrected chi connectivity index (χ4v) is 3.54. The van der Waals surface area contributed by atoms with E-state index in [1.807, 2.05) is 13.0 Å². The molecule has 7 nitrogen and oxygen atoms in total. The second-order valence-electron chi connectivity index (χ2n) is 5.86. The highest BCUT2D eigenvalue weighted by Crippen LogP contribution is 2.32. The number of anilines is 1. The molecule has 3 rings (SSSR count). The van der Waals surface area contributed by atoms with Crippen molar-refractivity contribution in [3.8, 4) is 11.5 Å². The molecular formula is C19H20N2O5S. The van der Waals surface area contributed by atoms with Crippen molar-refractivity contribution in [3.05, 3.63) is 54.1 Å². The summed E-state index contributed by atoms with van der Waals surface area (Å²) in [5, 5.41) is 2.69. The molecule has 0 aliphatic carbocycles. The number of ether oxygens (including phenoxy) is 2. The average molecular weight is 388 g/mol. The molecular weight excluding hydrogens is 368 g/mol. The molecule has 0 bridgehead atoms. The number of hydrogen-bond acceptors (Lipinski definition) is 5. The molecule has 1 amide bonds. The number of rotatable bonds is 7. The third kappa shape index (κ3) is 4.87. The topological polar surface area (TPSA) is 93.7 Å². The highest BCUT2D eigenvalue weighted by Gasteiger charge is 2.13. The first-order chi connectivity index (χ1) is 13.0. The molecule has 0 fully saturated rings. The lowest BCUT2D eigenvalue weighted by molar-refractivity contribution is -0.111. The molecule has 1 aliphatic heterocycles. The quantitative estimate of drug-likeness (QED) is 0.712. The standard InChI is InChI=1S/C19H20N2O5S/c1-2-11-20-27(23,24)16-7-5-15(6-8-16)21-19(22)10-4-14-3-9-17-18(12-14)26-13-25-17/h3-10,12,20H,2,11,13H2,1H3,(H,21,22)/b10-4+. The van der Waals surface area contributed by atoms with Gasteiger partial charge in [-0.25, -0.2) is 13.1 Å². The van der Waals surface area contributed by atoms with E-state index >= 15 is 0 Å². The maximum absolute atomic E-state index is 12.1. The molecule has 0 radical (unpaired) electrons. The van der Waals surface area contributed by atoms with Gasteiger partial charge in [-0.15, -0.1) is 0 Å². The van der Waals surface area contributed by atoms with Gasteiger partial charge in [-0.3, -0.25) is 4.79 Å². The summed E-state index contributed by atoms with van der Waals surface area (Å²) in [7, 11) is -3.52. The van der Waals surface area contributed by atoms with Gasteiger partial charge in [0.15, 0.2) is 11.5 Å². The fraction of sp³-hybridized carbons (Fsp3) is 0.211. The zero-order chi connectivity index (χ0) is 19.3. The van der Waals surface area contributed by atoms with Crippen LogP contribution in [0.2, 0.25) is 0 Å². The van der Waals surface area contributed by atoms with E-state index in [9.17, 15) is 13.2 Å². The summed E-state index contributed by atoms with van der Waals surface area (Å²) >= 11 is 0. The van der Waals surface area contributed by atoms with Gasteiger partial charge in [0.1, 0.15) is 0 Å². The first kappa shape index (κ1) is 18.9. The van der Waals surface area contributed by atoms with Crippen molar-refractivity contribution in [1.82, 2.24) is 4.72 Å². The van der Waals surface area contributed by atoms with Crippen LogP contribution >= 0.6 is 0 Å². The molecule has 1 heterocycles. The Morgan fingerprint density at radius 1 is 1.11 bits per heavy atom. The first-order valence-corrected chi connectivity index (χ1v) is 9.95. The van der Waals surface area contributed by atoms with Gasteiger partial charge < -0.3 is 14.8 Å². The molecule has 8 heteroatoms. The summed E-state index contributed by atoms with van der Waals surface area (Å²) in [6.45, 7) is 2.46. The zero-order valence-corrected chi connectivity index (χ0v) is 15.6. The normalized spacial score (nSPS) is 13.1. The molecule has 0 saturated carbocycles. The van der Waals surface area contributed by atoms with Crippen LogP contribution < -0.4 is 19.5 Å². The van der Waals surface area contributed by atoms with Gasteiger partial charge in [0.25, 0.3) is 0 Å². The van der Waals surface area contributed by atoms with Gasteiger partial charge in [0.2, 0.25) is 22.7 Å². The van der Waals surface area contributed by atoms with E-state index in [-0.39, 0.29) is 17.6 Å². The molecule has 0 unspecified atom stereocenters. The minimum absolute atomic E-state index is 0.157. The van der Waals surface area contributed by atoms with Crippen LogP contribution in [0.1, 0.15) is 18.9 Å². The van der Waals surface area contributed by atoms with Crippen molar-refractivity contribution < 1.29 is 22.7 Å². The van der Waals surface area contributed by atoms with Gasteiger partial charge in [0, 0.05) is 18.3 Å². The minimum Gasteiger partial charge on any atom is -0.454 e. The molecule has 142 valence electrons. The van der Waals surface area contributed by atoms with Gasteiger partial charge in [-0.1, -0.05) is 13.0 Å². The summed E-state index contributed by atoms with van der Waals surface area (Å²) in [5.41, 5.74) is 1.31. The van der Waals surface area contributed by atoms with Crippen LogP contribution in [-0.2, 0) is 14.8 Å². The summed E-state index contributed by atoms with van der Waals surface area (Å²) in [6, 6.07) is 11.4. The average Bonchev–Trinajstić information content (AvgIpc) is 3.13. The molecule has 2 N–H and O–H groups in total. The molecule has 2 aromatic rings. The van der Waals surface area contributed by atoms with Crippen LogP contribution in [0.3, 0.4) is 0 Å². The first-order valence-electron chi connectivity index (χ1n) is 8.46. The van der Waals surface area contributed by atoms with Crippen molar-refractivity contribution in [2.45, 2.75) is 18.2 Å². The lowest BCUT2D eigenvalue weighted by Gasteiger charge is -2.07. The van der Waals surface area contributed by atoms with Crippen molar-refractivity contribution in [2.24, 2.45) is 0 Å². The van der Waals surface area contributed by atoms with Crippen molar-refractivity contribution in [3.63, 3.8) is 0 Å². The van der Waals surface area contributed by atoms with Crippen LogP contribution in [0, 0.1) is 0 Å². The fourth-order valence-electron chi connectivity index (χ4n) is 2.41. The lowest BCUT2D eigenvalue weighted by Crippen LogP contribution is -2.24. The molecule has 1 aliphatic rings. The Labute approximate surface area is 158 Å². The summed E-state index contributed by atoms with van der Waals surface area (Å²) < 4.78 is 37.1. The Bertz CT molecular complexity index is 953. The monoisotopic (exact) mass is 388 g/mol. The molecule has 0 saturated heterocycles. The highest BCUT2D eigenvalue weighted by molar-refractivity contribution is 7.89. The highest BCUT2D eigenvalue weighted by atomic mass is 32.2. The van der Waals surface area contributed by atoms with Crippen LogP contribution in [0.4, 0.5) is 5.69 Å². The molecule has 0 atom stereocenters. The Morgan fingerprint density at radius 2 is 1.85 bits per heavy atom.